The summed E-state index contributed by atoms with van der Waals surface area (Å²) in [6.07, 6.45) is 2.02. The van der Waals surface area contributed by atoms with Crippen LogP contribution in [0.1, 0.15) is 27.2 Å². The van der Waals surface area contributed by atoms with Crippen LogP contribution in [0.5, 0.6) is 11.6 Å². The molecule has 0 aliphatic carbocycles. The topological polar surface area (TPSA) is 60.5 Å². The van der Waals surface area contributed by atoms with E-state index in [1.165, 1.54) is 0 Å². The summed E-state index contributed by atoms with van der Waals surface area (Å²) < 4.78 is 10.9. The molecule has 1 heterocycles. The summed E-state index contributed by atoms with van der Waals surface area (Å²) in [6.45, 7) is 6.49. The van der Waals surface area contributed by atoms with Crippen molar-refractivity contribution in [1.82, 2.24) is 10.3 Å². The van der Waals surface area contributed by atoms with Gasteiger partial charge in [-0.05, 0) is 19.9 Å². The number of Topliss-reactive ketones (excluding diaryl/α,β-unsaturated/α-hetero) is 1. The Morgan fingerprint density at radius 2 is 2.20 bits per heavy atom. The average Bonchev–Trinajstić information content (AvgIpc) is 2.44. The second-order valence-electron chi connectivity index (χ2n) is 4.53. The van der Waals surface area contributed by atoms with Gasteiger partial charge in [0.1, 0.15) is 18.5 Å². The normalized spacial score (nSPS) is 13.6. The van der Waals surface area contributed by atoms with Gasteiger partial charge in [0.05, 0.1) is 6.20 Å². The first-order valence-corrected chi connectivity index (χ1v) is 7.21. The largest absolute Gasteiger partial charge is 0.484 e. The molecule has 1 rings (SSSR count). The number of hydrogen-bond donors (Lipinski definition) is 2. The van der Waals surface area contributed by atoms with Crippen molar-refractivity contribution in [3.8, 4) is 11.6 Å². The van der Waals surface area contributed by atoms with Crippen LogP contribution in [0.25, 0.3) is 0 Å². The fraction of sp³-hybridized carbons (Fsp3) is 0.571. The summed E-state index contributed by atoms with van der Waals surface area (Å²) in [4.78, 5) is 15.3. The zero-order valence-corrected chi connectivity index (χ0v) is 13.0. The van der Waals surface area contributed by atoms with Crippen molar-refractivity contribution in [3.63, 3.8) is 0 Å². The van der Waals surface area contributed by atoms with Crippen LogP contribution in [0.3, 0.4) is 0 Å². The molecule has 0 aliphatic heterocycles. The predicted molar refractivity (Wildman–Crippen MR) is 81.6 cm³/mol. The number of pyridine rings is 1. The number of hydrogen-bond acceptors (Lipinski definition) is 6. The Balaban J connectivity index is 2.40. The summed E-state index contributed by atoms with van der Waals surface area (Å²) in [5, 5.41) is 3.29. The zero-order chi connectivity index (χ0) is 15.0. The number of thiol groups is 1. The molecule has 5 nitrogen and oxygen atoms in total. The van der Waals surface area contributed by atoms with Gasteiger partial charge in [-0.1, -0.05) is 6.92 Å². The number of rotatable bonds is 9. The monoisotopic (exact) mass is 298 g/mol. The fourth-order valence-corrected chi connectivity index (χ4v) is 1.48. The molecule has 1 unspecified atom stereocenters. The molecular formula is C14H22N2O3S. The van der Waals surface area contributed by atoms with E-state index in [4.69, 9.17) is 9.47 Å². The van der Waals surface area contributed by atoms with Crippen molar-refractivity contribution in [2.75, 3.05) is 13.2 Å². The average molecular weight is 298 g/mol. The molecule has 0 bridgehead atoms. The van der Waals surface area contributed by atoms with Crippen LogP contribution < -0.4 is 14.8 Å². The Kier molecular flexibility index (Phi) is 7.40. The molecule has 0 spiro atoms. The summed E-state index contributed by atoms with van der Waals surface area (Å²) in [7, 11) is 0. The molecule has 0 fully saturated rings. The number of aromatic nitrogens is 1. The Bertz CT molecular complexity index is 409. The van der Waals surface area contributed by atoms with Crippen LogP contribution in [0.4, 0.5) is 0 Å². The van der Waals surface area contributed by atoms with Crippen molar-refractivity contribution < 1.29 is 14.3 Å². The Morgan fingerprint density at radius 1 is 1.45 bits per heavy atom. The van der Waals surface area contributed by atoms with Crippen molar-refractivity contribution >= 4 is 18.4 Å². The molecule has 0 radical (unpaired) electrons. The summed E-state index contributed by atoms with van der Waals surface area (Å²) in [5.41, 5.74) is 0. The third-order valence-electron chi connectivity index (χ3n) is 2.53. The van der Waals surface area contributed by atoms with Crippen LogP contribution in [0.2, 0.25) is 0 Å². The highest BCUT2D eigenvalue weighted by Crippen LogP contribution is 2.15. The molecule has 0 aliphatic rings. The molecule has 0 amide bonds. The van der Waals surface area contributed by atoms with Gasteiger partial charge in [-0.2, -0.15) is 12.6 Å². The van der Waals surface area contributed by atoms with E-state index in [0.717, 1.165) is 0 Å². The maximum absolute atomic E-state index is 11.1. The lowest BCUT2D eigenvalue weighted by Gasteiger charge is -2.16. The second kappa shape index (κ2) is 8.81. The van der Waals surface area contributed by atoms with Crippen LogP contribution in [0, 0.1) is 0 Å². The van der Waals surface area contributed by atoms with Gasteiger partial charge >= 0.3 is 0 Å². The van der Waals surface area contributed by atoms with Crippen molar-refractivity contribution in [3.05, 3.63) is 18.3 Å². The van der Waals surface area contributed by atoms with E-state index in [-0.39, 0.29) is 23.9 Å². The number of ketones is 1. The van der Waals surface area contributed by atoms with E-state index in [0.29, 0.717) is 24.6 Å². The molecule has 20 heavy (non-hydrogen) atoms. The number of ether oxygens (including phenoxy) is 2. The fourth-order valence-electron chi connectivity index (χ4n) is 1.37. The van der Waals surface area contributed by atoms with E-state index in [2.05, 4.69) is 22.9 Å². The first kappa shape index (κ1) is 16.8. The molecule has 1 aromatic rings. The lowest BCUT2D eigenvalue weighted by molar-refractivity contribution is -0.120. The van der Waals surface area contributed by atoms with Gasteiger partial charge in [-0.3, -0.25) is 4.79 Å². The van der Waals surface area contributed by atoms with E-state index >= 15 is 0 Å². The van der Waals surface area contributed by atoms with Gasteiger partial charge in [0, 0.05) is 24.4 Å². The second-order valence-corrected chi connectivity index (χ2v) is 5.30. The molecule has 2 atom stereocenters. The van der Waals surface area contributed by atoms with E-state index in [1.54, 1.807) is 18.3 Å². The van der Waals surface area contributed by atoms with Crippen LogP contribution in [-0.4, -0.2) is 35.4 Å². The molecule has 0 aromatic carbocycles. The van der Waals surface area contributed by atoms with Gasteiger partial charge in [-0.15, -0.1) is 0 Å². The highest BCUT2D eigenvalue weighted by Gasteiger charge is 2.06. The van der Waals surface area contributed by atoms with Crippen molar-refractivity contribution in [1.29, 1.82) is 0 Å². The number of carbonyl (C=O) groups is 1. The van der Waals surface area contributed by atoms with Crippen LogP contribution in [-0.2, 0) is 4.79 Å². The number of nitrogens with one attached hydrogen (secondary N) is 1. The SMILES string of the molecule is CCC(=O)COc1ccc(O[C@@H](C)CNC(C)S)nc1. The number of carbonyl (C=O) groups excluding carboxylic acids is 1. The lowest BCUT2D eigenvalue weighted by atomic mass is 10.3. The lowest BCUT2D eigenvalue weighted by Crippen LogP contribution is -2.32. The Labute approximate surface area is 125 Å². The maximum Gasteiger partial charge on any atom is 0.213 e. The zero-order valence-electron chi connectivity index (χ0n) is 12.1. The quantitative estimate of drug-likeness (QED) is 0.540. The van der Waals surface area contributed by atoms with Crippen LogP contribution >= 0.6 is 12.6 Å². The first-order valence-electron chi connectivity index (χ1n) is 6.70. The molecule has 112 valence electrons. The minimum Gasteiger partial charge on any atom is -0.484 e. The third kappa shape index (κ3) is 6.77. The summed E-state index contributed by atoms with van der Waals surface area (Å²) in [5.74, 6) is 1.15. The molecule has 1 aromatic heterocycles. The highest BCUT2D eigenvalue weighted by atomic mass is 32.1. The smallest absolute Gasteiger partial charge is 0.213 e. The van der Waals surface area contributed by atoms with Crippen molar-refractivity contribution in [2.45, 2.75) is 38.7 Å². The van der Waals surface area contributed by atoms with Crippen LogP contribution in [0.15, 0.2) is 18.3 Å². The summed E-state index contributed by atoms with van der Waals surface area (Å²) in [6, 6.07) is 3.47. The van der Waals surface area contributed by atoms with Gasteiger partial charge < -0.3 is 14.8 Å². The highest BCUT2D eigenvalue weighted by molar-refractivity contribution is 7.80. The molecule has 1 N–H and O–H groups in total. The van der Waals surface area contributed by atoms with Crippen molar-refractivity contribution in [2.24, 2.45) is 0 Å². The first-order chi connectivity index (χ1) is 9.51. The Morgan fingerprint density at radius 3 is 2.75 bits per heavy atom. The van der Waals surface area contributed by atoms with E-state index < -0.39 is 0 Å². The van der Waals surface area contributed by atoms with Gasteiger partial charge in [-0.25, -0.2) is 4.98 Å². The number of nitrogens with zero attached hydrogens (tertiary/aromatic N) is 1. The van der Waals surface area contributed by atoms with Gasteiger partial charge in [0.15, 0.2) is 5.78 Å². The van der Waals surface area contributed by atoms with E-state index in [1.807, 2.05) is 20.8 Å². The standard InChI is InChI=1S/C14H22N2O3S/c1-4-12(17)9-18-13-5-6-14(16-8-13)19-10(2)7-15-11(3)20/h5-6,8,10-11,15,20H,4,7,9H2,1-3H3/t10-,11?/m0/s1. The molecule has 0 saturated carbocycles. The van der Waals surface area contributed by atoms with Gasteiger partial charge in [0.2, 0.25) is 5.88 Å². The van der Waals surface area contributed by atoms with E-state index in [9.17, 15) is 4.79 Å². The molecule has 0 saturated heterocycles. The van der Waals surface area contributed by atoms with Gasteiger partial charge in [0.25, 0.3) is 0 Å². The predicted octanol–water partition coefficient (Wildman–Crippen LogP) is 2.07. The maximum atomic E-state index is 11.1. The third-order valence-corrected chi connectivity index (χ3v) is 2.71. The minimum atomic E-state index is -0.00876. The Hall–Kier alpha value is -1.27. The minimum absolute atomic E-state index is 0.00876. The summed E-state index contributed by atoms with van der Waals surface area (Å²) >= 11 is 4.23. The molecular weight excluding hydrogens is 276 g/mol. The molecule has 6 heteroatoms.